The van der Waals surface area contributed by atoms with E-state index in [2.05, 4.69) is 5.32 Å². The minimum Gasteiger partial charge on any atom is -0.486 e. The first kappa shape index (κ1) is 15.5. The van der Waals surface area contributed by atoms with Crippen LogP contribution in [0.15, 0.2) is 48.5 Å². The van der Waals surface area contributed by atoms with E-state index in [0.717, 1.165) is 5.69 Å². The minimum absolute atomic E-state index is 0.0338. The van der Waals surface area contributed by atoms with Crippen LogP contribution in [0.5, 0.6) is 11.5 Å². The smallest absolute Gasteiger partial charge is 0.229 e. The van der Waals surface area contributed by atoms with Gasteiger partial charge in [-0.3, -0.25) is 9.59 Å². The summed E-state index contributed by atoms with van der Waals surface area (Å²) in [7, 11) is 0. The summed E-state index contributed by atoms with van der Waals surface area (Å²) in [5, 5.41) is 2.87. The molecule has 0 bridgehead atoms. The quantitative estimate of drug-likeness (QED) is 0.933. The van der Waals surface area contributed by atoms with Gasteiger partial charge in [-0.05, 0) is 24.3 Å². The predicted molar refractivity (Wildman–Crippen MR) is 93.0 cm³/mol. The standard InChI is InChI=1S/C19H18N2O4/c22-18-10-13(12-21(18)15-4-2-1-3-5-15)19(23)20-14-6-7-16-17(11-14)25-9-8-24-16/h1-7,11,13H,8-10,12H2,(H,20,23). The van der Waals surface area contributed by atoms with Crippen LogP contribution in [-0.4, -0.2) is 31.6 Å². The molecule has 1 saturated heterocycles. The monoisotopic (exact) mass is 338 g/mol. The summed E-state index contributed by atoms with van der Waals surface area (Å²) < 4.78 is 11.0. The maximum Gasteiger partial charge on any atom is 0.229 e. The van der Waals surface area contributed by atoms with Crippen molar-refractivity contribution in [3.05, 3.63) is 48.5 Å². The van der Waals surface area contributed by atoms with Crippen LogP contribution in [0.1, 0.15) is 6.42 Å². The Labute approximate surface area is 145 Å². The van der Waals surface area contributed by atoms with Gasteiger partial charge in [0.1, 0.15) is 13.2 Å². The Morgan fingerprint density at radius 3 is 2.60 bits per heavy atom. The van der Waals surface area contributed by atoms with Crippen molar-refractivity contribution in [2.24, 2.45) is 5.92 Å². The number of benzene rings is 2. The molecule has 4 rings (SSSR count). The molecular formula is C19H18N2O4. The zero-order valence-corrected chi connectivity index (χ0v) is 13.6. The number of carbonyl (C=O) groups is 2. The number of para-hydroxylation sites is 1. The van der Waals surface area contributed by atoms with Crippen LogP contribution in [0.3, 0.4) is 0 Å². The number of hydrogen-bond acceptors (Lipinski definition) is 4. The van der Waals surface area contributed by atoms with E-state index in [4.69, 9.17) is 9.47 Å². The molecule has 128 valence electrons. The van der Waals surface area contributed by atoms with E-state index >= 15 is 0 Å². The fourth-order valence-corrected chi connectivity index (χ4v) is 3.11. The molecule has 1 fully saturated rings. The van der Waals surface area contributed by atoms with Gasteiger partial charge < -0.3 is 19.7 Å². The fourth-order valence-electron chi connectivity index (χ4n) is 3.11. The molecule has 2 heterocycles. The Bertz CT molecular complexity index is 806. The van der Waals surface area contributed by atoms with Crippen LogP contribution in [0.25, 0.3) is 0 Å². The highest BCUT2D eigenvalue weighted by Crippen LogP contribution is 2.33. The van der Waals surface area contributed by atoms with Gasteiger partial charge in [-0.25, -0.2) is 0 Å². The van der Waals surface area contributed by atoms with Crippen LogP contribution < -0.4 is 19.7 Å². The van der Waals surface area contributed by atoms with Crippen molar-refractivity contribution in [3.63, 3.8) is 0 Å². The minimum atomic E-state index is -0.374. The number of carbonyl (C=O) groups excluding carboxylic acids is 2. The maximum atomic E-state index is 12.5. The van der Waals surface area contributed by atoms with Gasteiger partial charge in [-0.15, -0.1) is 0 Å². The number of rotatable bonds is 3. The van der Waals surface area contributed by atoms with Gasteiger partial charge in [-0.1, -0.05) is 18.2 Å². The molecule has 2 aromatic carbocycles. The number of nitrogens with one attached hydrogen (secondary N) is 1. The van der Waals surface area contributed by atoms with Crippen molar-refractivity contribution in [3.8, 4) is 11.5 Å². The summed E-state index contributed by atoms with van der Waals surface area (Å²) in [6, 6.07) is 14.7. The third kappa shape index (κ3) is 3.15. The van der Waals surface area contributed by atoms with Gasteiger partial charge in [0.25, 0.3) is 0 Å². The first-order valence-corrected chi connectivity index (χ1v) is 8.26. The zero-order valence-electron chi connectivity index (χ0n) is 13.6. The zero-order chi connectivity index (χ0) is 17.2. The van der Waals surface area contributed by atoms with Crippen molar-refractivity contribution in [1.82, 2.24) is 0 Å². The molecule has 2 aliphatic heterocycles. The summed E-state index contributed by atoms with van der Waals surface area (Å²) in [4.78, 5) is 26.4. The molecule has 25 heavy (non-hydrogen) atoms. The highest BCUT2D eigenvalue weighted by Gasteiger charge is 2.35. The second-order valence-electron chi connectivity index (χ2n) is 6.09. The normalized spacial score (nSPS) is 19.0. The van der Waals surface area contributed by atoms with E-state index in [1.54, 1.807) is 23.1 Å². The molecule has 1 unspecified atom stereocenters. The molecule has 6 heteroatoms. The highest BCUT2D eigenvalue weighted by molar-refractivity contribution is 6.03. The number of anilines is 2. The largest absolute Gasteiger partial charge is 0.486 e. The van der Waals surface area contributed by atoms with E-state index in [1.807, 2.05) is 30.3 Å². The van der Waals surface area contributed by atoms with Crippen LogP contribution in [0, 0.1) is 5.92 Å². The molecule has 0 spiro atoms. The summed E-state index contributed by atoms with van der Waals surface area (Å²) in [5.74, 6) is 0.728. The molecule has 0 aromatic heterocycles. The summed E-state index contributed by atoms with van der Waals surface area (Å²) in [5.41, 5.74) is 1.46. The van der Waals surface area contributed by atoms with Crippen molar-refractivity contribution in [2.75, 3.05) is 30.0 Å². The summed E-state index contributed by atoms with van der Waals surface area (Å²) >= 11 is 0. The van der Waals surface area contributed by atoms with E-state index in [-0.39, 0.29) is 24.2 Å². The molecule has 2 amide bonds. The van der Waals surface area contributed by atoms with Gasteiger partial charge in [-0.2, -0.15) is 0 Å². The van der Waals surface area contributed by atoms with Gasteiger partial charge in [0.2, 0.25) is 11.8 Å². The SMILES string of the molecule is O=C(Nc1ccc2c(c1)OCCO2)C1CC(=O)N(c2ccccc2)C1. The Morgan fingerprint density at radius 1 is 1.04 bits per heavy atom. The predicted octanol–water partition coefficient (Wildman–Crippen LogP) is 2.45. The Morgan fingerprint density at radius 2 is 1.80 bits per heavy atom. The van der Waals surface area contributed by atoms with Crippen molar-refractivity contribution in [2.45, 2.75) is 6.42 Å². The second-order valence-corrected chi connectivity index (χ2v) is 6.09. The molecule has 6 nitrogen and oxygen atoms in total. The van der Waals surface area contributed by atoms with Crippen molar-refractivity contribution in [1.29, 1.82) is 0 Å². The van der Waals surface area contributed by atoms with Gasteiger partial charge in [0.05, 0.1) is 5.92 Å². The Balaban J connectivity index is 1.44. The van der Waals surface area contributed by atoms with E-state index in [1.165, 1.54) is 0 Å². The molecule has 2 aliphatic rings. The van der Waals surface area contributed by atoms with Crippen LogP contribution in [-0.2, 0) is 9.59 Å². The molecule has 1 atom stereocenters. The Hall–Kier alpha value is -3.02. The number of nitrogens with zero attached hydrogens (tertiary/aromatic N) is 1. The molecule has 1 N–H and O–H groups in total. The summed E-state index contributed by atoms with van der Waals surface area (Å²) in [6.45, 7) is 1.41. The number of fused-ring (bicyclic) bond motifs is 1. The van der Waals surface area contributed by atoms with Gasteiger partial charge in [0.15, 0.2) is 11.5 Å². The van der Waals surface area contributed by atoms with Crippen molar-refractivity contribution < 1.29 is 19.1 Å². The summed E-state index contributed by atoms with van der Waals surface area (Å²) in [6.07, 6.45) is 0.214. The lowest BCUT2D eigenvalue weighted by Crippen LogP contribution is -2.28. The van der Waals surface area contributed by atoms with Crippen LogP contribution >= 0.6 is 0 Å². The molecule has 0 aliphatic carbocycles. The lowest BCUT2D eigenvalue weighted by Gasteiger charge is -2.19. The van der Waals surface area contributed by atoms with Crippen molar-refractivity contribution >= 4 is 23.2 Å². The lowest BCUT2D eigenvalue weighted by atomic mass is 10.1. The van der Waals surface area contributed by atoms with Crippen LogP contribution in [0.2, 0.25) is 0 Å². The molecule has 0 saturated carbocycles. The van der Waals surface area contributed by atoms with Crippen LogP contribution in [0.4, 0.5) is 11.4 Å². The van der Waals surface area contributed by atoms with Gasteiger partial charge in [0, 0.05) is 30.4 Å². The molecular weight excluding hydrogens is 320 g/mol. The van der Waals surface area contributed by atoms with E-state index in [9.17, 15) is 9.59 Å². The maximum absolute atomic E-state index is 12.5. The molecule has 2 aromatic rings. The lowest BCUT2D eigenvalue weighted by molar-refractivity contribution is -0.122. The average molecular weight is 338 g/mol. The number of hydrogen-bond donors (Lipinski definition) is 1. The second kappa shape index (κ2) is 6.47. The topological polar surface area (TPSA) is 67.9 Å². The van der Waals surface area contributed by atoms with E-state index in [0.29, 0.717) is 36.9 Å². The third-order valence-electron chi connectivity index (χ3n) is 4.37. The number of ether oxygens (including phenoxy) is 2. The van der Waals surface area contributed by atoms with E-state index < -0.39 is 0 Å². The third-order valence-corrected chi connectivity index (χ3v) is 4.37. The number of amides is 2. The first-order valence-electron chi connectivity index (χ1n) is 8.26. The van der Waals surface area contributed by atoms with Gasteiger partial charge >= 0.3 is 0 Å². The Kier molecular flexibility index (Phi) is 4.01. The highest BCUT2D eigenvalue weighted by atomic mass is 16.6. The molecule has 0 radical (unpaired) electrons. The fraction of sp³-hybridized carbons (Fsp3) is 0.263. The average Bonchev–Trinajstić information content (AvgIpc) is 3.04. The first-order chi connectivity index (χ1) is 12.2.